The Morgan fingerprint density at radius 1 is 1.35 bits per heavy atom. The molecule has 6 heteroatoms. The van der Waals surface area contributed by atoms with E-state index in [1.54, 1.807) is 12.4 Å². The molecule has 0 spiro atoms. The van der Waals surface area contributed by atoms with Crippen LogP contribution in [0.2, 0.25) is 0 Å². The fourth-order valence-electron chi connectivity index (χ4n) is 1.22. The van der Waals surface area contributed by atoms with E-state index >= 15 is 0 Å². The van der Waals surface area contributed by atoms with E-state index in [1.165, 1.54) is 0 Å². The molecule has 17 heavy (non-hydrogen) atoms. The van der Waals surface area contributed by atoms with Crippen LogP contribution in [0.25, 0.3) is 11.3 Å². The minimum atomic E-state index is 0.402. The topological polar surface area (TPSA) is 57.1 Å². The van der Waals surface area contributed by atoms with E-state index in [1.807, 2.05) is 12.1 Å². The zero-order valence-electron chi connectivity index (χ0n) is 9.50. The summed E-state index contributed by atoms with van der Waals surface area (Å²) in [7, 11) is 0. The first-order valence-corrected chi connectivity index (χ1v) is 6.17. The fraction of sp³-hybridized carbons (Fsp3) is 0.364. The number of hydrogen-bond acceptors (Lipinski definition) is 6. The first-order valence-electron chi connectivity index (χ1n) is 5.44. The van der Waals surface area contributed by atoms with Gasteiger partial charge in [0.1, 0.15) is 0 Å². The van der Waals surface area contributed by atoms with Crippen molar-refractivity contribution in [3.8, 4) is 17.1 Å². The summed E-state index contributed by atoms with van der Waals surface area (Å²) in [6, 6.07) is 3.75. The summed E-state index contributed by atoms with van der Waals surface area (Å²) in [5.41, 5.74) is 1.54. The maximum absolute atomic E-state index is 5.14. The predicted molar refractivity (Wildman–Crippen MR) is 64.6 cm³/mol. The highest BCUT2D eigenvalue weighted by atomic mass is 32.1. The Hall–Kier alpha value is -1.53. The van der Waals surface area contributed by atoms with Gasteiger partial charge < -0.3 is 4.89 Å². The van der Waals surface area contributed by atoms with E-state index in [9.17, 15) is 0 Å². The second-order valence-electron chi connectivity index (χ2n) is 3.42. The maximum Gasteiger partial charge on any atom is 0.295 e. The van der Waals surface area contributed by atoms with Gasteiger partial charge in [-0.15, -0.1) is 4.37 Å². The van der Waals surface area contributed by atoms with Gasteiger partial charge in [-0.2, -0.15) is 9.26 Å². The Labute approximate surface area is 104 Å². The Balaban J connectivity index is 2.02. The highest BCUT2D eigenvalue weighted by Gasteiger charge is 2.12. The lowest BCUT2D eigenvalue weighted by atomic mass is 10.2. The van der Waals surface area contributed by atoms with Gasteiger partial charge in [0.25, 0.3) is 5.88 Å². The number of nitrogens with zero attached hydrogens (tertiary/aromatic N) is 3. The predicted octanol–water partition coefficient (Wildman–Crippen LogP) is 2.71. The molecule has 2 heterocycles. The third-order valence-electron chi connectivity index (χ3n) is 2.11. The van der Waals surface area contributed by atoms with Crippen LogP contribution in [0.5, 0.6) is 5.88 Å². The van der Waals surface area contributed by atoms with Gasteiger partial charge >= 0.3 is 0 Å². The molecule has 0 atom stereocenters. The summed E-state index contributed by atoms with van der Waals surface area (Å²) >= 11 is 1.09. The van der Waals surface area contributed by atoms with Gasteiger partial charge in [-0.25, -0.2) is 0 Å². The standard InChI is InChI=1S/C11H13N3O2S/c1-2-3-7-15-16-11-10(13-17-14-11)9-5-4-6-12-8-9/h4-6,8H,2-3,7H2,1H3. The summed E-state index contributed by atoms with van der Waals surface area (Å²) in [5, 5.41) is 0. The quantitative estimate of drug-likeness (QED) is 0.449. The third-order valence-corrected chi connectivity index (χ3v) is 2.62. The van der Waals surface area contributed by atoms with Crippen LogP contribution in [-0.2, 0) is 4.89 Å². The molecule has 2 aromatic rings. The van der Waals surface area contributed by atoms with Crippen LogP contribution < -0.4 is 4.89 Å². The van der Waals surface area contributed by atoms with Crippen molar-refractivity contribution in [2.45, 2.75) is 19.8 Å². The number of aromatic nitrogens is 3. The van der Waals surface area contributed by atoms with Gasteiger partial charge in [-0.1, -0.05) is 13.3 Å². The number of hydrogen-bond donors (Lipinski definition) is 0. The minimum Gasteiger partial charge on any atom is -0.313 e. The van der Waals surface area contributed by atoms with Crippen molar-refractivity contribution in [3.63, 3.8) is 0 Å². The first-order chi connectivity index (χ1) is 8.42. The number of rotatable bonds is 6. The second-order valence-corrected chi connectivity index (χ2v) is 3.95. The molecule has 0 aliphatic heterocycles. The van der Waals surface area contributed by atoms with Crippen LogP contribution in [0.3, 0.4) is 0 Å². The van der Waals surface area contributed by atoms with E-state index in [-0.39, 0.29) is 0 Å². The largest absolute Gasteiger partial charge is 0.313 e. The number of pyridine rings is 1. The monoisotopic (exact) mass is 251 g/mol. The molecule has 0 unspecified atom stereocenters. The summed E-state index contributed by atoms with van der Waals surface area (Å²) in [4.78, 5) is 14.2. The van der Waals surface area contributed by atoms with Crippen LogP contribution in [0, 0.1) is 0 Å². The summed E-state index contributed by atoms with van der Waals surface area (Å²) in [6.07, 6.45) is 5.45. The van der Waals surface area contributed by atoms with Crippen molar-refractivity contribution in [2.75, 3.05) is 6.61 Å². The molecule has 0 N–H and O–H groups in total. The molecule has 0 saturated heterocycles. The van der Waals surface area contributed by atoms with Gasteiger partial charge in [-0.05, 0) is 18.6 Å². The summed E-state index contributed by atoms with van der Waals surface area (Å²) in [5.74, 6) is 0.402. The van der Waals surface area contributed by atoms with E-state index in [0.29, 0.717) is 18.2 Å². The first kappa shape index (κ1) is 11.9. The molecular weight excluding hydrogens is 238 g/mol. The van der Waals surface area contributed by atoms with Crippen LogP contribution in [0.4, 0.5) is 0 Å². The van der Waals surface area contributed by atoms with Crippen LogP contribution in [-0.4, -0.2) is 20.3 Å². The molecule has 0 aliphatic carbocycles. The molecule has 0 amide bonds. The van der Waals surface area contributed by atoms with Crippen molar-refractivity contribution in [1.29, 1.82) is 0 Å². The normalized spacial score (nSPS) is 10.4. The van der Waals surface area contributed by atoms with E-state index in [4.69, 9.17) is 9.78 Å². The van der Waals surface area contributed by atoms with Gasteiger partial charge in [0.15, 0.2) is 5.69 Å². The highest BCUT2D eigenvalue weighted by molar-refractivity contribution is 6.99. The smallest absolute Gasteiger partial charge is 0.295 e. The third kappa shape index (κ3) is 3.21. The molecule has 0 radical (unpaired) electrons. The summed E-state index contributed by atoms with van der Waals surface area (Å²) < 4.78 is 8.22. The van der Waals surface area contributed by atoms with Gasteiger partial charge in [0.05, 0.1) is 18.3 Å². The summed E-state index contributed by atoms with van der Waals surface area (Å²) in [6.45, 7) is 2.65. The van der Waals surface area contributed by atoms with Gasteiger partial charge in [0, 0.05) is 18.0 Å². The van der Waals surface area contributed by atoms with Crippen molar-refractivity contribution < 1.29 is 9.78 Å². The Morgan fingerprint density at radius 2 is 2.29 bits per heavy atom. The van der Waals surface area contributed by atoms with Gasteiger partial charge in [0.2, 0.25) is 0 Å². The highest BCUT2D eigenvalue weighted by Crippen LogP contribution is 2.26. The molecule has 90 valence electrons. The van der Waals surface area contributed by atoms with E-state index in [0.717, 1.165) is 30.1 Å². The zero-order chi connectivity index (χ0) is 11.9. The maximum atomic E-state index is 5.14. The Bertz CT molecular complexity index is 447. The zero-order valence-corrected chi connectivity index (χ0v) is 10.3. The van der Waals surface area contributed by atoms with Crippen molar-refractivity contribution in [1.82, 2.24) is 13.7 Å². The lowest BCUT2D eigenvalue weighted by Crippen LogP contribution is -2.00. The fourth-order valence-corrected chi connectivity index (χ4v) is 1.71. The van der Waals surface area contributed by atoms with Crippen molar-refractivity contribution >= 4 is 11.7 Å². The molecule has 0 saturated carbocycles. The SMILES string of the molecule is CCCCOOc1nsnc1-c1cccnc1. The second kappa shape index (κ2) is 6.27. The molecule has 0 aromatic carbocycles. The number of unbranched alkanes of at least 4 members (excludes halogenated alkanes) is 1. The van der Waals surface area contributed by atoms with E-state index < -0.39 is 0 Å². The molecule has 0 bridgehead atoms. The molecule has 0 fully saturated rings. The molecule has 0 aliphatic rings. The van der Waals surface area contributed by atoms with Gasteiger partial charge in [-0.3, -0.25) is 4.98 Å². The Kier molecular flexibility index (Phi) is 4.40. The molecule has 2 aromatic heterocycles. The minimum absolute atomic E-state index is 0.402. The van der Waals surface area contributed by atoms with Crippen LogP contribution >= 0.6 is 11.7 Å². The average Bonchev–Trinajstić information content (AvgIpc) is 2.84. The van der Waals surface area contributed by atoms with E-state index in [2.05, 4.69) is 20.7 Å². The average molecular weight is 251 g/mol. The van der Waals surface area contributed by atoms with Crippen molar-refractivity contribution in [3.05, 3.63) is 24.5 Å². The molecule has 2 rings (SSSR count). The van der Waals surface area contributed by atoms with Crippen molar-refractivity contribution in [2.24, 2.45) is 0 Å². The van der Waals surface area contributed by atoms with Crippen LogP contribution in [0.15, 0.2) is 24.5 Å². The molecule has 5 nitrogen and oxygen atoms in total. The lowest BCUT2D eigenvalue weighted by Gasteiger charge is -2.02. The molecular formula is C11H13N3O2S. The lowest BCUT2D eigenvalue weighted by molar-refractivity contribution is -0.209. The Morgan fingerprint density at radius 3 is 3.06 bits per heavy atom. The van der Waals surface area contributed by atoms with Crippen LogP contribution in [0.1, 0.15) is 19.8 Å².